The smallest absolute Gasteiger partial charge is 0.237 e. The Kier molecular flexibility index (Phi) is 7.55. The molecule has 42 heavy (non-hydrogen) atoms. The number of amides is 1. The zero-order valence-corrected chi connectivity index (χ0v) is 25.1. The molecule has 0 aliphatic carbocycles. The van der Waals surface area contributed by atoms with Crippen LogP contribution in [0.25, 0.3) is 22.6 Å². The second-order valence-corrected chi connectivity index (χ2v) is 11.5. The molecule has 1 N–H and O–H groups in total. The summed E-state index contributed by atoms with van der Waals surface area (Å²) in [6.07, 6.45) is 1.18. The van der Waals surface area contributed by atoms with Crippen molar-refractivity contribution in [2.45, 2.75) is 53.2 Å². The number of nitrogens with zero attached hydrogens (tertiary/aromatic N) is 5. The molecule has 2 aromatic heterocycles. The van der Waals surface area contributed by atoms with Gasteiger partial charge in [0.25, 0.3) is 0 Å². The first-order valence-corrected chi connectivity index (χ1v) is 14.7. The summed E-state index contributed by atoms with van der Waals surface area (Å²) in [5.74, 6) is 1.97. The van der Waals surface area contributed by atoms with Crippen LogP contribution in [0.3, 0.4) is 0 Å². The van der Waals surface area contributed by atoms with Crippen molar-refractivity contribution in [3.8, 4) is 22.6 Å². The predicted molar refractivity (Wildman–Crippen MR) is 161 cm³/mol. The molecule has 9 nitrogen and oxygen atoms in total. The van der Waals surface area contributed by atoms with Crippen molar-refractivity contribution < 1.29 is 14.0 Å². The zero-order chi connectivity index (χ0) is 29.5. The van der Waals surface area contributed by atoms with E-state index in [1.165, 1.54) is 0 Å². The quantitative estimate of drug-likeness (QED) is 0.319. The van der Waals surface area contributed by atoms with E-state index in [2.05, 4.69) is 36.3 Å². The van der Waals surface area contributed by atoms with Gasteiger partial charge in [0.05, 0.1) is 25.3 Å². The fourth-order valence-corrected chi connectivity index (χ4v) is 6.06. The molecule has 6 rings (SSSR count). The summed E-state index contributed by atoms with van der Waals surface area (Å²) < 4.78 is 8.19. The minimum absolute atomic E-state index is 0.0285. The minimum atomic E-state index is 0.0285. The number of carbonyl (C=O) groups excluding carboxylic acids is 2. The van der Waals surface area contributed by atoms with Gasteiger partial charge in [0, 0.05) is 44.2 Å². The number of oxazole rings is 1. The van der Waals surface area contributed by atoms with Gasteiger partial charge in [0.15, 0.2) is 5.82 Å². The Morgan fingerprint density at radius 1 is 1.00 bits per heavy atom. The van der Waals surface area contributed by atoms with Gasteiger partial charge >= 0.3 is 0 Å². The third-order valence-electron chi connectivity index (χ3n) is 8.78. The Labute approximate surface area is 246 Å². The zero-order valence-electron chi connectivity index (χ0n) is 25.1. The van der Waals surface area contributed by atoms with Crippen LogP contribution in [-0.4, -0.2) is 62.7 Å². The highest BCUT2D eigenvalue weighted by Crippen LogP contribution is 2.36. The first-order chi connectivity index (χ1) is 20.2. The first kappa shape index (κ1) is 28.1. The van der Waals surface area contributed by atoms with Gasteiger partial charge in [-0.15, -0.1) is 0 Å². The Morgan fingerprint density at radius 2 is 1.74 bits per heavy atom. The molecule has 4 aromatic rings. The van der Waals surface area contributed by atoms with Crippen LogP contribution in [0.1, 0.15) is 57.1 Å². The molecule has 2 aromatic carbocycles. The number of Topliss-reactive ketones (excluding diaryl/α,β-unsaturated/α-hetero) is 1. The van der Waals surface area contributed by atoms with Crippen LogP contribution in [0.4, 0.5) is 0 Å². The topological polar surface area (TPSA) is 96.5 Å². The van der Waals surface area contributed by atoms with Crippen LogP contribution in [-0.2, 0) is 44.3 Å². The van der Waals surface area contributed by atoms with Gasteiger partial charge in [0.1, 0.15) is 11.5 Å². The minimum Gasteiger partial charge on any atom is -0.439 e. The molecule has 1 amide bonds. The van der Waals surface area contributed by atoms with Crippen LogP contribution in [0.5, 0.6) is 0 Å². The van der Waals surface area contributed by atoms with Crippen molar-refractivity contribution in [2.24, 2.45) is 7.05 Å². The number of ketones is 1. The summed E-state index contributed by atoms with van der Waals surface area (Å²) in [4.78, 5) is 39.3. The number of nitrogens with one attached hydrogen (secondary N) is 1. The third-order valence-corrected chi connectivity index (χ3v) is 8.78. The second-order valence-electron chi connectivity index (χ2n) is 11.5. The Hall–Kier alpha value is -4.08. The number of aromatic nitrogens is 3. The summed E-state index contributed by atoms with van der Waals surface area (Å²) in [5.41, 5.74) is 9.18. The van der Waals surface area contributed by atoms with Crippen LogP contribution in [0.15, 0.2) is 40.8 Å². The van der Waals surface area contributed by atoms with Gasteiger partial charge in [-0.25, -0.2) is 9.97 Å². The molecule has 0 saturated carbocycles. The van der Waals surface area contributed by atoms with Gasteiger partial charge in [-0.05, 0) is 61.3 Å². The Morgan fingerprint density at radius 3 is 2.48 bits per heavy atom. The summed E-state index contributed by atoms with van der Waals surface area (Å²) in [5, 5.41) is 3.34. The lowest BCUT2D eigenvalue weighted by Gasteiger charge is -2.19. The van der Waals surface area contributed by atoms with Gasteiger partial charge in [-0.3, -0.25) is 14.5 Å². The molecule has 9 heteroatoms. The monoisotopic (exact) mass is 566 g/mol. The maximum Gasteiger partial charge on any atom is 0.237 e. The lowest BCUT2D eigenvalue weighted by Crippen LogP contribution is -2.35. The molecular weight excluding hydrogens is 528 g/mol. The summed E-state index contributed by atoms with van der Waals surface area (Å²) in [7, 11) is 3.89. The average Bonchev–Trinajstić information content (AvgIpc) is 3.66. The number of carbonyl (C=O) groups is 2. The van der Waals surface area contributed by atoms with Crippen molar-refractivity contribution in [1.29, 1.82) is 0 Å². The highest BCUT2D eigenvalue weighted by Gasteiger charge is 2.30. The lowest BCUT2D eigenvalue weighted by atomic mass is 9.90. The largest absolute Gasteiger partial charge is 0.439 e. The number of rotatable bonds is 8. The second kappa shape index (κ2) is 11.3. The summed E-state index contributed by atoms with van der Waals surface area (Å²) >= 11 is 0. The number of benzene rings is 2. The van der Waals surface area contributed by atoms with Crippen molar-refractivity contribution in [1.82, 2.24) is 29.7 Å². The maximum atomic E-state index is 13.4. The van der Waals surface area contributed by atoms with Gasteiger partial charge in [-0.1, -0.05) is 37.3 Å². The number of hydrogen-bond donors (Lipinski definition) is 1. The van der Waals surface area contributed by atoms with E-state index < -0.39 is 0 Å². The first-order valence-electron chi connectivity index (χ1n) is 14.7. The maximum absolute atomic E-state index is 13.4. The molecule has 4 heterocycles. The molecule has 0 fully saturated rings. The lowest BCUT2D eigenvalue weighted by molar-refractivity contribution is -0.132. The van der Waals surface area contributed by atoms with E-state index in [0.29, 0.717) is 44.3 Å². The fourth-order valence-electron chi connectivity index (χ4n) is 6.06. The van der Waals surface area contributed by atoms with E-state index >= 15 is 0 Å². The van der Waals surface area contributed by atoms with Gasteiger partial charge < -0.3 is 19.2 Å². The average molecular weight is 567 g/mol. The van der Waals surface area contributed by atoms with Gasteiger partial charge in [-0.2, -0.15) is 0 Å². The normalized spacial score (nSPS) is 14.4. The van der Waals surface area contributed by atoms with E-state index in [1.807, 2.05) is 54.8 Å². The molecule has 0 atom stereocenters. The van der Waals surface area contributed by atoms with Crippen LogP contribution in [0, 0.1) is 13.8 Å². The molecule has 218 valence electrons. The SMILES string of the molecule is CCN(C)CC(=O)N1Cc2nc(-c3cccc(-c4cccc(CC(=O)c5nc6c(n5C)CCNC6)c4C)c3C)oc2C1. The number of fused-ring (bicyclic) bond motifs is 2. The molecule has 0 radical (unpaired) electrons. The number of hydrogen-bond acceptors (Lipinski definition) is 7. The van der Waals surface area contributed by atoms with E-state index in [9.17, 15) is 9.59 Å². The summed E-state index contributed by atoms with van der Waals surface area (Å²) in [6, 6.07) is 12.3. The molecule has 2 aliphatic heterocycles. The van der Waals surface area contributed by atoms with E-state index in [1.54, 1.807) is 4.90 Å². The molecule has 0 saturated heterocycles. The fraction of sp³-hybridized carbons (Fsp3) is 0.394. The van der Waals surface area contributed by atoms with Gasteiger partial charge in [0.2, 0.25) is 17.6 Å². The Bertz CT molecular complexity index is 1660. The van der Waals surface area contributed by atoms with Crippen molar-refractivity contribution in [3.05, 3.63) is 81.8 Å². The van der Waals surface area contributed by atoms with E-state index in [-0.39, 0.29) is 11.7 Å². The predicted octanol–water partition coefficient (Wildman–Crippen LogP) is 4.22. The highest BCUT2D eigenvalue weighted by atomic mass is 16.4. The van der Waals surface area contributed by atoms with E-state index in [0.717, 1.165) is 75.7 Å². The standard InChI is InChI=1S/C33H38N6O3/c1-6-37(4)19-31(41)39-17-27-30(18-39)42-33(36-27)25-12-8-11-24(21(25)3)23-10-7-9-22(20(23)2)15-29(40)32-35-26-16-34-14-13-28(26)38(32)5/h7-12,34H,6,13-19H2,1-5H3. The van der Waals surface area contributed by atoms with Crippen LogP contribution in [0.2, 0.25) is 0 Å². The molecule has 0 spiro atoms. The van der Waals surface area contributed by atoms with E-state index in [4.69, 9.17) is 9.40 Å². The van der Waals surface area contributed by atoms with Crippen molar-refractivity contribution in [2.75, 3.05) is 26.7 Å². The highest BCUT2D eigenvalue weighted by molar-refractivity contribution is 5.95. The molecule has 0 unspecified atom stereocenters. The number of imidazole rings is 1. The third kappa shape index (κ3) is 5.07. The number of likely N-dealkylation sites (N-methyl/N-ethyl adjacent to an activating group) is 1. The Balaban J connectivity index is 1.23. The van der Waals surface area contributed by atoms with Crippen molar-refractivity contribution in [3.63, 3.8) is 0 Å². The molecule has 2 aliphatic rings. The summed E-state index contributed by atoms with van der Waals surface area (Å²) in [6.45, 7) is 9.95. The molecule has 0 bridgehead atoms. The molecular formula is C33H38N6O3. The van der Waals surface area contributed by atoms with Crippen LogP contribution < -0.4 is 5.32 Å². The van der Waals surface area contributed by atoms with Crippen LogP contribution >= 0.6 is 0 Å². The van der Waals surface area contributed by atoms with Crippen molar-refractivity contribution >= 4 is 11.7 Å².